The first kappa shape index (κ1) is 19.8. The quantitative estimate of drug-likeness (QED) is 0.368. The second kappa shape index (κ2) is 8.46. The molecule has 148 valence electrons. The fourth-order valence-corrected chi connectivity index (χ4v) is 18.2. The van der Waals surface area contributed by atoms with Gasteiger partial charge in [-0.1, -0.05) is 0 Å². The number of hydrogen-bond donors (Lipinski definition) is 0. The molecular weight excluding hydrogens is 494 g/mol. The Morgan fingerprint density at radius 2 is 0.586 bits per heavy atom. The van der Waals surface area contributed by atoms with Gasteiger partial charge in [0, 0.05) is 0 Å². The van der Waals surface area contributed by atoms with E-state index in [1.165, 1.54) is 0 Å². The van der Waals surface area contributed by atoms with E-state index in [9.17, 15) is 7.67 Å². The molecule has 29 heavy (non-hydrogen) atoms. The van der Waals surface area contributed by atoms with Crippen LogP contribution in [0, 0.1) is 0 Å². The van der Waals surface area contributed by atoms with Gasteiger partial charge in [-0.3, -0.25) is 0 Å². The molecule has 0 saturated heterocycles. The molecule has 0 aliphatic heterocycles. The van der Waals surface area contributed by atoms with Crippen molar-refractivity contribution in [2.75, 3.05) is 0 Å². The molecule has 0 saturated carbocycles. The van der Waals surface area contributed by atoms with Gasteiger partial charge < -0.3 is 0 Å². The van der Waals surface area contributed by atoms with Crippen molar-refractivity contribution < 1.29 is 10.6 Å². The Morgan fingerprint density at radius 1 is 0.379 bits per heavy atom. The minimum absolute atomic E-state index is 0.588. The maximum absolute atomic E-state index is 14.5. The van der Waals surface area contributed by atoms with Crippen LogP contribution in [-0.4, -0.2) is 26.2 Å². The van der Waals surface area contributed by atoms with Crippen LogP contribution < -0.4 is 17.8 Å². The average molecular weight is 516 g/mol. The van der Waals surface area contributed by atoms with E-state index in [0.29, 0.717) is 17.8 Å². The summed E-state index contributed by atoms with van der Waals surface area (Å²) in [6.07, 6.45) is 0. The topological polar surface area (TPSA) is 43.4 Å². The van der Waals surface area contributed by atoms with Gasteiger partial charge in [-0.25, -0.2) is 0 Å². The Bertz CT molecular complexity index is 980. The number of rotatable bonds is 6. The summed E-state index contributed by atoms with van der Waals surface area (Å²) in [7, 11) is 0. The zero-order valence-electron chi connectivity index (χ0n) is 15.7. The van der Waals surface area contributed by atoms with Crippen molar-refractivity contribution in [3.05, 3.63) is 121 Å². The Morgan fingerprint density at radius 3 is 0.793 bits per heavy atom. The third kappa shape index (κ3) is 3.97. The zero-order valence-corrected chi connectivity index (χ0v) is 19.4. The Labute approximate surface area is 175 Å². The van der Waals surface area contributed by atoms with Crippen molar-refractivity contribution in [3.8, 4) is 0 Å². The van der Waals surface area contributed by atoms with Gasteiger partial charge in [0.1, 0.15) is 0 Å². The van der Waals surface area contributed by atoms with Gasteiger partial charge in [-0.15, -0.1) is 0 Å². The summed E-state index contributed by atoms with van der Waals surface area (Å²) in [4.78, 5) is 0. The maximum atomic E-state index is 14.5. The van der Waals surface area contributed by atoms with E-state index in [4.69, 9.17) is 2.90 Å². The molecule has 0 fully saturated rings. The van der Waals surface area contributed by atoms with E-state index in [0.717, 1.165) is 0 Å². The van der Waals surface area contributed by atoms with Crippen LogP contribution in [0.2, 0.25) is 0 Å². The SMILES string of the molecule is O=[SeH](O[SeH](=O)(c1ccccc1)c1ccccc1)(c1ccccc1)c1ccccc1. The Balaban J connectivity index is 1.93. The summed E-state index contributed by atoms with van der Waals surface area (Å²) in [5.41, 5.74) is 0. The second-order valence-electron chi connectivity index (χ2n) is 6.53. The monoisotopic (exact) mass is 518 g/mol. The molecule has 4 aromatic rings. The predicted octanol–water partition coefficient (Wildman–Crippen LogP) is 1.84. The summed E-state index contributed by atoms with van der Waals surface area (Å²) < 4.78 is 37.7. The van der Waals surface area contributed by atoms with E-state index < -0.39 is 26.2 Å². The molecule has 3 nitrogen and oxygen atoms in total. The van der Waals surface area contributed by atoms with Gasteiger partial charge in [-0.2, -0.15) is 0 Å². The van der Waals surface area contributed by atoms with Crippen molar-refractivity contribution in [1.82, 2.24) is 0 Å². The van der Waals surface area contributed by atoms with Crippen LogP contribution in [0.4, 0.5) is 0 Å². The van der Waals surface area contributed by atoms with Crippen LogP contribution in [0.15, 0.2) is 121 Å². The third-order valence-electron chi connectivity index (χ3n) is 4.61. The minimum atomic E-state index is -4.44. The molecule has 0 unspecified atom stereocenters. The number of hydrogen-bond acceptors (Lipinski definition) is 3. The van der Waals surface area contributed by atoms with Gasteiger partial charge in [0.25, 0.3) is 0 Å². The molecule has 0 atom stereocenters. The van der Waals surface area contributed by atoms with Crippen molar-refractivity contribution in [3.63, 3.8) is 0 Å². The van der Waals surface area contributed by atoms with Crippen LogP contribution in [0.3, 0.4) is 0 Å². The van der Waals surface area contributed by atoms with Crippen LogP contribution in [0.5, 0.6) is 0 Å². The molecule has 0 aliphatic carbocycles. The van der Waals surface area contributed by atoms with Crippen molar-refractivity contribution in [1.29, 1.82) is 0 Å². The summed E-state index contributed by atoms with van der Waals surface area (Å²) >= 11 is -8.87. The van der Waals surface area contributed by atoms with Gasteiger partial charge >= 0.3 is 176 Å². The molecule has 0 amide bonds. The number of benzene rings is 4. The van der Waals surface area contributed by atoms with Crippen molar-refractivity contribution >= 4 is 44.1 Å². The second-order valence-corrected chi connectivity index (χ2v) is 17.6. The molecule has 0 spiro atoms. The molecule has 0 bridgehead atoms. The predicted molar refractivity (Wildman–Crippen MR) is 121 cm³/mol. The summed E-state index contributed by atoms with van der Waals surface area (Å²) in [5, 5.41) is 0. The van der Waals surface area contributed by atoms with Crippen LogP contribution in [-0.2, 0) is 10.6 Å². The molecule has 4 rings (SSSR count). The van der Waals surface area contributed by atoms with Crippen LogP contribution in [0.1, 0.15) is 0 Å². The first-order valence-corrected chi connectivity index (χ1v) is 16.1. The standard InChI is InChI=1S/C24H22O3Se2/c25-28(21-13-5-1-6-14-21,22-15-7-2-8-16-22)27-29(26,23-17-9-3-10-18-23)24-19-11-4-12-20-24/h1-20,28-29H. The first-order valence-electron chi connectivity index (χ1n) is 9.27. The normalized spacial score (nSPS) is 13.0. The van der Waals surface area contributed by atoms with Crippen LogP contribution >= 0.6 is 0 Å². The molecule has 4 aromatic carbocycles. The summed E-state index contributed by atoms with van der Waals surface area (Å²) in [5.74, 6) is 0. The molecule has 0 aliphatic rings. The van der Waals surface area contributed by atoms with Crippen molar-refractivity contribution in [2.45, 2.75) is 0 Å². The van der Waals surface area contributed by atoms with Gasteiger partial charge in [-0.05, 0) is 0 Å². The van der Waals surface area contributed by atoms with Crippen LogP contribution in [0.25, 0.3) is 0 Å². The van der Waals surface area contributed by atoms with Gasteiger partial charge in [0.15, 0.2) is 0 Å². The van der Waals surface area contributed by atoms with E-state index in [-0.39, 0.29) is 0 Å². The fourth-order valence-electron chi connectivity index (χ4n) is 3.15. The molecule has 0 radical (unpaired) electrons. The first-order chi connectivity index (χ1) is 14.1. The molecule has 0 aromatic heterocycles. The van der Waals surface area contributed by atoms with E-state index in [2.05, 4.69) is 0 Å². The fraction of sp³-hybridized carbons (Fsp3) is 0. The molecule has 0 N–H and O–H groups in total. The molecule has 0 heterocycles. The van der Waals surface area contributed by atoms with Crippen molar-refractivity contribution in [2.24, 2.45) is 0 Å². The van der Waals surface area contributed by atoms with E-state index >= 15 is 0 Å². The summed E-state index contributed by atoms with van der Waals surface area (Å²) in [6.45, 7) is 0. The molecule has 5 heteroatoms. The summed E-state index contributed by atoms with van der Waals surface area (Å²) in [6, 6.07) is 36.5. The van der Waals surface area contributed by atoms with Gasteiger partial charge in [0.05, 0.1) is 0 Å². The van der Waals surface area contributed by atoms with E-state index in [1.807, 2.05) is 72.8 Å². The van der Waals surface area contributed by atoms with Gasteiger partial charge in [0.2, 0.25) is 0 Å². The Hall–Kier alpha value is -2.52. The van der Waals surface area contributed by atoms with E-state index in [1.54, 1.807) is 48.5 Å². The third-order valence-corrected chi connectivity index (χ3v) is 18.8. The zero-order chi connectivity index (χ0) is 20.2. The molecular formula is C24H22O3Se2. The average Bonchev–Trinajstić information content (AvgIpc) is 2.81. The Kier molecular flexibility index (Phi) is 5.77.